The lowest BCUT2D eigenvalue weighted by molar-refractivity contribution is -0.166. The molecule has 2 saturated carbocycles. The fourth-order valence-electron chi connectivity index (χ4n) is 5.80. The summed E-state index contributed by atoms with van der Waals surface area (Å²) < 4.78 is 0. The van der Waals surface area contributed by atoms with Crippen LogP contribution in [-0.4, -0.2) is 22.3 Å². The van der Waals surface area contributed by atoms with Crippen LogP contribution in [0.5, 0.6) is 0 Å². The Kier molecular flexibility index (Phi) is 8.53. The molecule has 2 aliphatic rings. The second kappa shape index (κ2) is 10.2. The molecule has 0 spiro atoms. The van der Waals surface area contributed by atoms with Crippen LogP contribution >= 0.6 is 0 Å². The fourth-order valence-corrected chi connectivity index (χ4v) is 5.80. The van der Waals surface area contributed by atoms with E-state index in [-0.39, 0.29) is 17.5 Å². The third-order valence-electron chi connectivity index (χ3n) is 7.44. The Bertz CT molecular complexity index is 795. The highest BCUT2D eigenvalue weighted by molar-refractivity contribution is 6.13. The van der Waals surface area contributed by atoms with E-state index in [0.29, 0.717) is 38.0 Å². The van der Waals surface area contributed by atoms with Gasteiger partial charge in [-0.25, -0.2) is 0 Å². The van der Waals surface area contributed by atoms with E-state index in [1.165, 1.54) is 11.1 Å². The molecule has 3 heteroatoms. The zero-order chi connectivity index (χ0) is 24.3. The Hall–Kier alpha value is -1.48. The van der Waals surface area contributed by atoms with E-state index in [9.17, 15) is 14.7 Å². The summed E-state index contributed by atoms with van der Waals surface area (Å²) in [6.07, 6.45) is 12.1. The highest BCUT2D eigenvalue weighted by Crippen LogP contribution is 2.59. The molecule has 0 aliphatic heterocycles. The highest BCUT2D eigenvalue weighted by atomic mass is 16.3. The third kappa shape index (κ3) is 6.31. The summed E-state index contributed by atoms with van der Waals surface area (Å²) in [6.45, 7) is 16.1. The molecule has 0 aromatic heterocycles. The van der Waals surface area contributed by atoms with Crippen LogP contribution in [0.4, 0.5) is 0 Å². The molecule has 0 radical (unpaired) electrons. The smallest absolute Gasteiger partial charge is 0.153 e. The van der Waals surface area contributed by atoms with Crippen LogP contribution in [0, 0.1) is 22.7 Å². The summed E-state index contributed by atoms with van der Waals surface area (Å²) in [5.41, 5.74) is 1.48. The maximum absolute atomic E-state index is 14.2. The predicted octanol–water partition coefficient (Wildman–Crippen LogP) is 7.15. The van der Waals surface area contributed by atoms with Gasteiger partial charge in [0, 0.05) is 11.3 Å². The van der Waals surface area contributed by atoms with Crippen molar-refractivity contribution in [2.45, 2.75) is 112 Å². The predicted molar refractivity (Wildman–Crippen MR) is 133 cm³/mol. The van der Waals surface area contributed by atoms with Crippen LogP contribution in [0.3, 0.4) is 0 Å². The van der Waals surface area contributed by atoms with Crippen LogP contribution in [0.25, 0.3) is 0 Å². The molecule has 2 fully saturated rings. The maximum Gasteiger partial charge on any atom is 0.153 e. The van der Waals surface area contributed by atoms with Gasteiger partial charge >= 0.3 is 0 Å². The van der Waals surface area contributed by atoms with Gasteiger partial charge in [0.1, 0.15) is 5.78 Å². The number of hydrogen-bond donors (Lipinski definition) is 1. The zero-order valence-corrected chi connectivity index (χ0v) is 21.8. The maximum atomic E-state index is 14.2. The number of carbonyl (C=O) groups excluding carboxylic acids is 2. The minimum absolute atomic E-state index is 0.138. The Morgan fingerprint density at radius 1 is 0.906 bits per heavy atom. The lowest BCUT2D eigenvalue weighted by Crippen LogP contribution is -2.60. The molecule has 180 valence electrons. The molecule has 0 aromatic rings. The molecule has 2 rings (SSSR count). The van der Waals surface area contributed by atoms with Crippen molar-refractivity contribution >= 4 is 11.6 Å². The molecule has 0 unspecified atom stereocenters. The standard InChI is InChI=1S/C29H46O3/c1-20(2)9-10-23-17-28(15-11-21(3)4)19-24(13-14-27(7,8)32)25(30)29(18-23,26(28)31)16-12-22(5)6/h9,11-12,23-24,32H,10,13-19H2,1-8H3/t23-,24-,28+,29-/m0/s1. The van der Waals surface area contributed by atoms with E-state index < -0.39 is 16.4 Å². The van der Waals surface area contributed by atoms with E-state index in [4.69, 9.17) is 0 Å². The van der Waals surface area contributed by atoms with Gasteiger partial charge in [-0.1, -0.05) is 34.9 Å². The summed E-state index contributed by atoms with van der Waals surface area (Å²) in [6, 6.07) is 0. The zero-order valence-electron chi connectivity index (χ0n) is 21.8. The second-order valence-corrected chi connectivity index (χ2v) is 12.1. The Labute approximate surface area is 196 Å². The van der Waals surface area contributed by atoms with Crippen LogP contribution in [0.15, 0.2) is 34.9 Å². The lowest BCUT2D eigenvalue weighted by atomic mass is 9.46. The van der Waals surface area contributed by atoms with Gasteiger partial charge < -0.3 is 5.11 Å². The number of allylic oxidation sites excluding steroid dienone is 6. The number of ketones is 2. The van der Waals surface area contributed by atoms with Crippen molar-refractivity contribution in [1.29, 1.82) is 0 Å². The molecular formula is C29H46O3. The number of fused-ring (bicyclic) bond motifs is 2. The normalized spacial score (nSPS) is 30.0. The summed E-state index contributed by atoms with van der Waals surface area (Å²) in [7, 11) is 0. The minimum atomic E-state index is -0.909. The molecule has 32 heavy (non-hydrogen) atoms. The van der Waals surface area contributed by atoms with Gasteiger partial charge in [0.25, 0.3) is 0 Å². The number of aliphatic hydroxyl groups is 1. The first-order valence-corrected chi connectivity index (χ1v) is 12.4. The Morgan fingerprint density at radius 2 is 1.47 bits per heavy atom. The van der Waals surface area contributed by atoms with Gasteiger partial charge in [-0.05, 0) is 113 Å². The summed E-state index contributed by atoms with van der Waals surface area (Å²) >= 11 is 0. The van der Waals surface area contributed by atoms with Crippen LogP contribution in [-0.2, 0) is 9.59 Å². The van der Waals surface area contributed by atoms with Crippen molar-refractivity contribution in [3.05, 3.63) is 34.9 Å². The Balaban J connectivity index is 2.56. The minimum Gasteiger partial charge on any atom is -0.390 e. The largest absolute Gasteiger partial charge is 0.390 e. The number of hydrogen-bond acceptors (Lipinski definition) is 3. The summed E-state index contributed by atoms with van der Waals surface area (Å²) in [5, 5.41) is 10.3. The Morgan fingerprint density at radius 3 is 2.00 bits per heavy atom. The number of carbonyl (C=O) groups is 2. The summed E-state index contributed by atoms with van der Waals surface area (Å²) in [5.74, 6) is 0.523. The molecule has 4 atom stereocenters. The third-order valence-corrected chi connectivity index (χ3v) is 7.44. The number of rotatable bonds is 9. The quantitative estimate of drug-likeness (QED) is 0.305. The van der Waals surface area contributed by atoms with Crippen molar-refractivity contribution in [3.8, 4) is 0 Å². The molecule has 0 amide bonds. The van der Waals surface area contributed by atoms with Gasteiger partial charge in [0.2, 0.25) is 0 Å². The molecule has 2 aliphatic carbocycles. The van der Waals surface area contributed by atoms with Gasteiger partial charge in [0.05, 0.1) is 11.0 Å². The molecule has 0 aromatic carbocycles. The highest BCUT2D eigenvalue weighted by Gasteiger charge is 2.63. The van der Waals surface area contributed by atoms with Crippen LogP contribution in [0.1, 0.15) is 107 Å². The van der Waals surface area contributed by atoms with Gasteiger partial charge in [-0.2, -0.15) is 0 Å². The molecule has 0 saturated heterocycles. The molecule has 2 bridgehead atoms. The monoisotopic (exact) mass is 442 g/mol. The van der Waals surface area contributed by atoms with Crippen molar-refractivity contribution < 1.29 is 14.7 Å². The van der Waals surface area contributed by atoms with Crippen molar-refractivity contribution in [2.24, 2.45) is 22.7 Å². The SMILES string of the molecule is CC(C)=CC[C@H]1C[C@]2(CC=C(C)C)C[C@H](CCC(C)(C)O)C(=O)[C@](CC=C(C)C)(C1)C2=O. The topological polar surface area (TPSA) is 54.4 Å². The first-order valence-electron chi connectivity index (χ1n) is 12.4. The van der Waals surface area contributed by atoms with Gasteiger partial charge in [-0.15, -0.1) is 0 Å². The average Bonchev–Trinajstić information content (AvgIpc) is 2.66. The second-order valence-electron chi connectivity index (χ2n) is 12.1. The van der Waals surface area contributed by atoms with Crippen molar-refractivity contribution in [1.82, 2.24) is 0 Å². The summed E-state index contributed by atoms with van der Waals surface area (Å²) in [4.78, 5) is 28.2. The first-order chi connectivity index (χ1) is 14.7. The van der Waals surface area contributed by atoms with E-state index in [1.54, 1.807) is 13.8 Å². The fraction of sp³-hybridized carbons (Fsp3) is 0.724. The van der Waals surface area contributed by atoms with E-state index in [0.717, 1.165) is 24.8 Å². The van der Waals surface area contributed by atoms with Crippen LogP contribution in [0.2, 0.25) is 0 Å². The van der Waals surface area contributed by atoms with Crippen molar-refractivity contribution in [2.75, 3.05) is 0 Å². The molecular weight excluding hydrogens is 396 g/mol. The van der Waals surface area contributed by atoms with Gasteiger partial charge in [0.15, 0.2) is 5.78 Å². The average molecular weight is 443 g/mol. The molecule has 0 heterocycles. The first kappa shape index (κ1) is 26.8. The van der Waals surface area contributed by atoms with E-state index in [1.807, 2.05) is 13.8 Å². The van der Waals surface area contributed by atoms with Gasteiger partial charge in [-0.3, -0.25) is 9.59 Å². The van der Waals surface area contributed by atoms with Crippen LogP contribution < -0.4 is 0 Å². The lowest BCUT2D eigenvalue weighted by Gasteiger charge is -2.54. The number of Topliss-reactive ketones (excluding diaryl/α,β-unsaturated/α-hetero) is 2. The van der Waals surface area contributed by atoms with Crippen molar-refractivity contribution in [3.63, 3.8) is 0 Å². The van der Waals surface area contributed by atoms with E-state index in [2.05, 4.69) is 45.9 Å². The molecule has 1 N–H and O–H groups in total. The molecule has 3 nitrogen and oxygen atoms in total. The van der Waals surface area contributed by atoms with E-state index >= 15 is 0 Å².